The third-order valence-electron chi connectivity index (χ3n) is 10.1. The molecule has 50 heavy (non-hydrogen) atoms. The molecule has 0 aliphatic heterocycles. The second-order valence-corrected chi connectivity index (χ2v) is 12.9. The van der Waals surface area contributed by atoms with E-state index in [2.05, 4.69) is 204 Å². The van der Waals surface area contributed by atoms with Crippen molar-refractivity contribution in [3.63, 3.8) is 0 Å². The maximum atomic E-state index is 2.43. The molecule has 0 unspecified atom stereocenters. The number of para-hydroxylation sites is 2. The molecule has 0 heterocycles. The van der Waals surface area contributed by atoms with E-state index in [9.17, 15) is 0 Å². The fourth-order valence-corrected chi connectivity index (χ4v) is 7.94. The minimum absolute atomic E-state index is 1.13. The van der Waals surface area contributed by atoms with E-state index in [1.807, 2.05) is 0 Å². The first-order valence-electron chi connectivity index (χ1n) is 17.2. The largest absolute Gasteiger partial charge is 0.309 e. The van der Waals surface area contributed by atoms with Crippen LogP contribution in [0, 0.1) is 0 Å². The molecule has 0 atom stereocenters. The van der Waals surface area contributed by atoms with Crippen LogP contribution in [0.1, 0.15) is 0 Å². The quantitative estimate of drug-likeness (QED) is 0.168. The van der Waals surface area contributed by atoms with Crippen LogP contribution in [0.5, 0.6) is 0 Å². The Kier molecular flexibility index (Phi) is 6.53. The molecule has 0 amide bonds. The Labute approximate surface area is 291 Å². The first-order chi connectivity index (χ1) is 24.8. The van der Waals surface area contributed by atoms with Gasteiger partial charge >= 0.3 is 0 Å². The van der Waals surface area contributed by atoms with Crippen molar-refractivity contribution in [2.24, 2.45) is 0 Å². The molecule has 0 bridgehead atoms. The van der Waals surface area contributed by atoms with Crippen LogP contribution in [0.2, 0.25) is 0 Å². The van der Waals surface area contributed by atoms with E-state index in [4.69, 9.17) is 0 Å². The monoisotopic (exact) mass is 636 g/mol. The van der Waals surface area contributed by atoms with Crippen molar-refractivity contribution >= 4 is 88.0 Å². The van der Waals surface area contributed by atoms with Gasteiger partial charge in [0.05, 0.1) is 22.7 Å². The van der Waals surface area contributed by atoms with Crippen molar-refractivity contribution in [1.82, 2.24) is 0 Å². The van der Waals surface area contributed by atoms with Crippen molar-refractivity contribution in [1.29, 1.82) is 0 Å². The summed E-state index contributed by atoms with van der Waals surface area (Å²) < 4.78 is 0. The second-order valence-electron chi connectivity index (χ2n) is 12.9. The standard InChI is InChI=1S/C48H32N2/c1-3-17-37(18-4-1)49(43-23-11-15-33-13-7-9-21-39(33)43)45-31-27-35-26-30-42-46(32-28-36-25-29-41(45)47(35)48(36)42)50(38-19-5-2-6-20-38)44-24-12-16-34-14-8-10-22-40(34)44/h1-32H. The number of hydrogen-bond donors (Lipinski definition) is 0. The van der Waals surface area contributed by atoms with E-state index in [0.29, 0.717) is 0 Å². The lowest BCUT2D eigenvalue weighted by molar-refractivity contribution is 1.31. The van der Waals surface area contributed by atoms with Crippen molar-refractivity contribution in [3.8, 4) is 0 Å². The SMILES string of the molecule is c1ccc(N(c2cccc3ccccc23)c2ccc3ccc4c(N(c5ccccc5)c5cccc6ccccc56)ccc5ccc2c3c54)cc1. The average Bonchev–Trinajstić information content (AvgIpc) is 3.19. The highest BCUT2D eigenvalue weighted by molar-refractivity contribution is 6.28. The first-order valence-corrected chi connectivity index (χ1v) is 17.2. The predicted molar refractivity (Wildman–Crippen MR) is 215 cm³/mol. The van der Waals surface area contributed by atoms with Crippen LogP contribution in [0.15, 0.2) is 194 Å². The van der Waals surface area contributed by atoms with Gasteiger partial charge in [-0.1, -0.05) is 146 Å². The fourth-order valence-electron chi connectivity index (χ4n) is 7.94. The van der Waals surface area contributed by atoms with Gasteiger partial charge in [0.25, 0.3) is 0 Å². The van der Waals surface area contributed by atoms with Crippen molar-refractivity contribution in [2.45, 2.75) is 0 Å². The van der Waals surface area contributed by atoms with Crippen LogP contribution < -0.4 is 9.80 Å². The third-order valence-corrected chi connectivity index (χ3v) is 10.1. The summed E-state index contributed by atoms with van der Waals surface area (Å²) >= 11 is 0. The molecule has 234 valence electrons. The second kappa shape index (κ2) is 11.5. The number of rotatable bonds is 6. The van der Waals surface area contributed by atoms with Crippen LogP contribution in [0.4, 0.5) is 34.1 Å². The van der Waals surface area contributed by atoms with E-state index in [1.165, 1.54) is 53.9 Å². The highest BCUT2D eigenvalue weighted by Crippen LogP contribution is 2.48. The van der Waals surface area contributed by atoms with Crippen molar-refractivity contribution in [2.75, 3.05) is 9.80 Å². The van der Waals surface area contributed by atoms with Gasteiger partial charge in [0.1, 0.15) is 0 Å². The molecule has 2 nitrogen and oxygen atoms in total. The highest BCUT2D eigenvalue weighted by atomic mass is 15.2. The number of hydrogen-bond acceptors (Lipinski definition) is 2. The molecule has 0 spiro atoms. The van der Waals surface area contributed by atoms with Gasteiger partial charge in [-0.2, -0.15) is 0 Å². The molecule has 2 heteroatoms. The summed E-state index contributed by atoms with van der Waals surface area (Å²) in [5, 5.41) is 12.4. The topological polar surface area (TPSA) is 6.48 Å². The Balaban J connectivity index is 1.27. The molecule has 0 N–H and O–H groups in total. The van der Waals surface area contributed by atoms with Crippen molar-refractivity contribution < 1.29 is 0 Å². The molecular formula is C48H32N2. The van der Waals surface area contributed by atoms with Crippen molar-refractivity contribution in [3.05, 3.63) is 194 Å². The molecule has 0 aliphatic carbocycles. The van der Waals surface area contributed by atoms with Gasteiger partial charge in [-0.25, -0.2) is 0 Å². The predicted octanol–water partition coefficient (Wildman–Crippen LogP) is 13.8. The van der Waals surface area contributed by atoms with Gasteiger partial charge in [-0.3, -0.25) is 0 Å². The molecule has 0 saturated heterocycles. The Morgan fingerprint density at radius 2 is 0.580 bits per heavy atom. The molecule has 0 saturated carbocycles. The van der Waals surface area contributed by atoms with Gasteiger partial charge in [0, 0.05) is 32.9 Å². The molecule has 0 fully saturated rings. The van der Waals surface area contributed by atoms with Crippen LogP contribution in [0.25, 0.3) is 53.9 Å². The molecule has 0 aliphatic rings. The van der Waals surface area contributed by atoms with E-state index in [0.717, 1.165) is 34.1 Å². The van der Waals surface area contributed by atoms with Crippen LogP contribution in [0.3, 0.4) is 0 Å². The summed E-state index contributed by atoms with van der Waals surface area (Å²) in [6, 6.07) is 70.5. The van der Waals surface area contributed by atoms with Gasteiger partial charge in [-0.15, -0.1) is 0 Å². The summed E-state index contributed by atoms with van der Waals surface area (Å²) in [6.07, 6.45) is 0. The zero-order valence-corrected chi connectivity index (χ0v) is 27.4. The van der Waals surface area contributed by atoms with Gasteiger partial charge in [-0.05, 0) is 80.8 Å². The summed E-state index contributed by atoms with van der Waals surface area (Å²) in [4.78, 5) is 4.86. The minimum atomic E-state index is 1.13. The lowest BCUT2D eigenvalue weighted by Crippen LogP contribution is -2.12. The van der Waals surface area contributed by atoms with E-state index < -0.39 is 0 Å². The number of benzene rings is 10. The van der Waals surface area contributed by atoms with E-state index in [-0.39, 0.29) is 0 Å². The Morgan fingerprint density at radius 1 is 0.220 bits per heavy atom. The number of anilines is 6. The third kappa shape index (κ3) is 4.43. The molecule has 10 aromatic rings. The first kappa shape index (κ1) is 28.4. The summed E-state index contributed by atoms with van der Waals surface area (Å²) in [5.41, 5.74) is 6.91. The zero-order chi connectivity index (χ0) is 33.0. The molecule has 10 aromatic carbocycles. The Morgan fingerprint density at radius 3 is 1.04 bits per heavy atom. The maximum Gasteiger partial charge on any atom is 0.0540 e. The van der Waals surface area contributed by atoms with Gasteiger partial charge < -0.3 is 9.80 Å². The van der Waals surface area contributed by atoms with E-state index >= 15 is 0 Å². The van der Waals surface area contributed by atoms with Crippen LogP contribution in [-0.2, 0) is 0 Å². The fraction of sp³-hybridized carbons (Fsp3) is 0. The summed E-state index contributed by atoms with van der Waals surface area (Å²) in [7, 11) is 0. The molecular weight excluding hydrogens is 605 g/mol. The molecule has 0 radical (unpaired) electrons. The lowest BCUT2D eigenvalue weighted by atomic mass is 9.91. The van der Waals surface area contributed by atoms with Gasteiger partial charge in [0.2, 0.25) is 0 Å². The van der Waals surface area contributed by atoms with Gasteiger partial charge in [0.15, 0.2) is 0 Å². The Bertz CT molecular complexity index is 2620. The van der Waals surface area contributed by atoms with Crippen LogP contribution in [-0.4, -0.2) is 0 Å². The average molecular weight is 637 g/mol. The summed E-state index contributed by atoms with van der Waals surface area (Å²) in [6.45, 7) is 0. The smallest absolute Gasteiger partial charge is 0.0540 e. The maximum absolute atomic E-state index is 2.43. The van der Waals surface area contributed by atoms with E-state index in [1.54, 1.807) is 0 Å². The normalized spacial score (nSPS) is 11.6. The van der Waals surface area contributed by atoms with Crippen LogP contribution >= 0.6 is 0 Å². The molecule has 10 rings (SSSR count). The lowest BCUT2D eigenvalue weighted by Gasteiger charge is -2.30. The highest BCUT2D eigenvalue weighted by Gasteiger charge is 2.23. The molecule has 0 aromatic heterocycles. The number of fused-ring (bicyclic) bond motifs is 2. The minimum Gasteiger partial charge on any atom is -0.309 e. The zero-order valence-electron chi connectivity index (χ0n) is 27.4. The Hall–Kier alpha value is -6.64. The number of nitrogens with zero attached hydrogens (tertiary/aromatic N) is 2. The summed E-state index contributed by atoms with van der Waals surface area (Å²) in [5.74, 6) is 0.